The maximum absolute atomic E-state index is 8.80. The predicted octanol–water partition coefficient (Wildman–Crippen LogP) is 0.952. The van der Waals surface area contributed by atoms with E-state index in [4.69, 9.17) is 20.8 Å². The van der Waals surface area contributed by atoms with Crippen molar-refractivity contribution in [3.05, 3.63) is 18.2 Å². The number of hydrogen-bond acceptors (Lipinski definition) is 9. The molecule has 0 fully saturated rings. The minimum Gasteiger partial charge on any atom is -0.393 e. The molecule has 0 saturated heterocycles. The first-order chi connectivity index (χ1) is 10.2. The number of nitrogens with two attached hydrogens (primary N) is 1. The van der Waals surface area contributed by atoms with Crippen LogP contribution in [0.5, 0.6) is 0 Å². The van der Waals surface area contributed by atoms with E-state index in [0.29, 0.717) is 23.2 Å². The van der Waals surface area contributed by atoms with Gasteiger partial charge < -0.3 is 20.5 Å². The van der Waals surface area contributed by atoms with E-state index in [0.717, 1.165) is 0 Å². The lowest BCUT2D eigenvalue weighted by Crippen LogP contribution is -2.26. The lowest BCUT2D eigenvalue weighted by atomic mass is 10.3. The van der Waals surface area contributed by atoms with E-state index in [1.807, 2.05) is 12.1 Å². The van der Waals surface area contributed by atoms with Gasteiger partial charge in [0.2, 0.25) is 0 Å². The Labute approximate surface area is 120 Å². The second-order valence-corrected chi connectivity index (χ2v) is 4.08. The van der Waals surface area contributed by atoms with Crippen LogP contribution in [0.4, 0.5) is 23.1 Å². The number of aromatic nitrogens is 3. The van der Waals surface area contributed by atoms with Gasteiger partial charge in [-0.3, -0.25) is 0 Å². The third kappa shape index (κ3) is 3.16. The van der Waals surface area contributed by atoms with Crippen molar-refractivity contribution in [2.45, 2.75) is 6.92 Å². The van der Waals surface area contributed by atoms with Crippen LogP contribution >= 0.6 is 0 Å². The average molecular weight is 284 g/mol. The number of aryl methyl sites for hydroxylation is 1. The molecule has 9 nitrogen and oxygen atoms in total. The normalized spacial score (nSPS) is 9.67. The molecule has 0 radical (unpaired) electrons. The largest absolute Gasteiger partial charge is 0.393 e. The monoisotopic (exact) mass is 284 g/mol. The lowest BCUT2D eigenvalue weighted by molar-refractivity contribution is 0.400. The smallest absolute Gasteiger partial charge is 0.175 e. The van der Waals surface area contributed by atoms with Crippen molar-refractivity contribution in [2.75, 3.05) is 29.0 Å². The molecule has 106 valence electrons. The van der Waals surface area contributed by atoms with Crippen LogP contribution < -0.4 is 16.0 Å². The molecule has 0 aliphatic heterocycles. The molecule has 9 heteroatoms. The number of nitriles is 2. The van der Waals surface area contributed by atoms with E-state index in [2.05, 4.69) is 20.4 Å². The molecule has 0 saturated carbocycles. The topological polar surface area (TPSA) is 141 Å². The van der Waals surface area contributed by atoms with Gasteiger partial charge in [0.1, 0.15) is 30.9 Å². The maximum Gasteiger partial charge on any atom is 0.175 e. The van der Waals surface area contributed by atoms with Crippen LogP contribution in [0.2, 0.25) is 0 Å². The Hall–Kier alpha value is -3.33. The summed E-state index contributed by atoms with van der Waals surface area (Å²) in [7, 11) is 0. The summed E-state index contributed by atoms with van der Waals surface area (Å²) in [6.45, 7) is 1.75. The summed E-state index contributed by atoms with van der Waals surface area (Å²) >= 11 is 0. The fourth-order valence-corrected chi connectivity index (χ4v) is 1.66. The molecule has 0 bridgehead atoms. The van der Waals surface area contributed by atoms with Crippen molar-refractivity contribution < 1.29 is 4.52 Å². The number of hydrogen-bond donors (Lipinski definition) is 2. The molecule has 0 amide bonds. The first kappa shape index (κ1) is 14.1. The Morgan fingerprint density at radius 1 is 1.33 bits per heavy atom. The second kappa shape index (κ2) is 6.21. The highest BCUT2D eigenvalue weighted by Gasteiger charge is 2.15. The van der Waals surface area contributed by atoms with Crippen LogP contribution in [0.1, 0.15) is 5.76 Å². The summed E-state index contributed by atoms with van der Waals surface area (Å²) in [4.78, 5) is 9.51. The van der Waals surface area contributed by atoms with Gasteiger partial charge in [-0.25, -0.2) is 9.97 Å². The second-order valence-electron chi connectivity index (χ2n) is 4.08. The lowest BCUT2D eigenvalue weighted by Gasteiger charge is -2.19. The molecule has 2 aromatic rings. The number of nitrogen functional groups attached to an aromatic ring is 1. The summed E-state index contributed by atoms with van der Waals surface area (Å²) in [6.07, 6.45) is 1.29. The fraction of sp³-hybridized carbons (Fsp3) is 0.250. The quantitative estimate of drug-likeness (QED) is 0.767. The number of nitrogens with one attached hydrogen (secondary N) is 1. The Kier molecular flexibility index (Phi) is 4.17. The van der Waals surface area contributed by atoms with Gasteiger partial charge in [-0.05, 0) is 6.92 Å². The summed E-state index contributed by atoms with van der Waals surface area (Å²) in [5.74, 6) is 1.74. The SMILES string of the molecule is Cc1cc(Nc2ncnc(N(CC#N)CC#N)c2N)no1. The van der Waals surface area contributed by atoms with Gasteiger partial charge in [0.25, 0.3) is 0 Å². The Balaban J connectivity index is 2.31. The Morgan fingerprint density at radius 3 is 2.62 bits per heavy atom. The highest BCUT2D eigenvalue weighted by Crippen LogP contribution is 2.27. The molecule has 21 heavy (non-hydrogen) atoms. The molecule has 0 spiro atoms. The minimum atomic E-state index is -0.00270. The molecule has 0 unspecified atom stereocenters. The van der Waals surface area contributed by atoms with E-state index in [9.17, 15) is 0 Å². The summed E-state index contributed by atoms with van der Waals surface area (Å²) < 4.78 is 4.94. The Bertz CT molecular complexity index is 695. The van der Waals surface area contributed by atoms with Gasteiger partial charge in [0.05, 0.1) is 12.1 Å². The molecule has 2 rings (SSSR count). The molecule has 2 aromatic heterocycles. The van der Waals surface area contributed by atoms with Crippen molar-refractivity contribution in [2.24, 2.45) is 0 Å². The molecule has 0 aliphatic carbocycles. The first-order valence-electron chi connectivity index (χ1n) is 5.95. The minimum absolute atomic E-state index is 0.00270. The third-order valence-corrected chi connectivity index (χ3v) is 2.56. The highest BCUT2D eigenvalue weighted by molar-refractivity contribution is 5.77. The van der Waals surface area contributed by atoms with Gasteiger partial charge in [0, 0.05) is 6.07 Å². The van der Waals surface area contributed by atoms with E-state index in [-0.39, 0.29) is 18.8 Å². The van der Waals surface area contributed by atoms with Crippen LogP contribution in [-0.4, -0.2) is 28.2 Å². The van der Waals surface area contributed by atoms with E-state index in [1.165, 1.54) is 11.2 Å². The van der Waals surface area contributed by atoms with Gasteiger partial charge >= 0.3 is 0 Å². The molecule has 0 aliphatic rings. The standard InChI is InChI=1S/C12H12N8O/c1-8-6-9(19-21-8)18-11-10(15)12(17-7-16-11)20(4-2-13)5-3-14/h6-7H,4-5,15H2,1H3,(H,16,17,18,19). The van der Waals surface area contributed by atoms with Gasteiger partial charge in [-0.15, -0.1) is 0 Å². The molecule has 2 heterocycles. The van der Waals surface area contributed by atoms with Crippen LogP contribution in [-0.2, 0) is 0 Å². The van der Waals surface area contributed by atoms with Gasteiger partial charge in [0.15, 0.2) is 17.5 Å². The summed E-state index contributed by atoms with van der Waals surface area (Å²) in [6, 6.07) is 5.61. The van der Waals surface area contributed by atoms with Gasteiger partial charge in [-0.2, -0.15) is 10.5 Å². The van der Waals surface area contributed by atoms with Crippen molar-refractivity contribution in [1.29, 1.82) is 10.5 Å². The molecular weight excluding hydrogens is 272 g/mol. The molecular formula is C12H12N8O. The van der Waals surface area contributed by atoms with Crippen molar-refractivity contribution >= 4 is 23.1 Å². The van der Waals surface area contributed by atoms with Crippen LogP contribution in [0.25, 0.3) is 0 Å². The molecule has 0 aromatic carbocycles. The zero-order chi connectivity index (χ0) is 15.2. The molecule has 3 N–H and O–H groups in total. The zero-order valence-electron chi connectivity index (χ0n) is 11.2. The van der Waals surface area contributed by atoms with Crippen LogP contribution in [0.3, 0.4) is 0 Å². The number of nitrogens with zero attached hydrogens (tertiary/aromatic N) is 6. The van der Waals surface area contributed by atoms with Crippen LogP contribution in [0.15, 0.2) is 16.9 Å². The maximum atomic E-state index is 8.80. The first-order valence-corrected chi connectivity index (χ1v) is 5.95. The number of rotatable bonds is 5. The number of anilines is 4. The van der Waals surface area contributed by atoms with Crippen molar-refractivity contribution in [3.8, 4) is 12.1 Å². The summed E-state index contributed by atoms with van der Waals surface area (Å²) in [5.41, 5.74) is 6.22. The summed E-state index contributed by atoms with van der Waals surface area (Å²) in [5, 5.41) is 24.3. The average Bonchev–Trinajstić information content (AvgIpc) is 2.86. The van der Waals surface area contributed by atoms with E-state index < -0.39 is 0 Å². The van der Waals surface area contributed by atoms with Crippen LogP contribution in [0, 0.1) is 29.6 Å². The van der Waals surface area contributed by atoms with Crippen molar-refractivity contribution in [1.82, 2.24) is 15.1 Å². The predicted molar refractivity (Wildman–Crippen MR) is 74.4 cm³/mol. The van der Waals surface area contributed by atoms with Crippen molar-refractivity contribution in [3.63, 3.8) is 0 Å². The zero-order valence-corrected chi connectivity index (χ0v) is 11.2. The Morgan fingerprint density at radius 2 is 2.05 bits per heavy atom. The fourth-order valence-electron chi connectivity index (χ4n) is 1.66. The third-order valence-electron chi connectivity index (χ3n) is 2.56. The van der Waals surface area contributed by atoms with E-state index >= 15 is 0 Å². The molecule has 0 atom stereocenters. The van der Waals surface area contributed by atoms with Gasteiger partial charge in [-0.1, -0.05) is 5.16 Å². The highest BCUT2D eigenvalue weighted by atomic mass is 16.5. The van der Waals surface area contributed by atoms with E-state index in [1.54, 1.807) is 13.0 Å².